The standard InChI is InChI=1S/C15H19N5OS/c21-14(17-15-16-4-5-22-15)11-7-20(8-11)9-12-6-13(19-18-12)10-2-1-3-10/h4-6,10-11H,1-3,7-9H2,(H,18,19)(H,16,17,21). The molecule has 2 N–H and O–H groups in total. The molecule has 0 bridgehead atoms. The highest BCUT2D eigenvalue weighted by atomic mass is 32.1. The third kappa shape index (κ3) is 2.78. The second-order valence-corrected chi connectivity index (χ2v) is 7.06. The minimum atomic E-state index is 0.0675. The van der Waals surface area contributed by atoms with E-state index in [-0.39, 0.29) is 11.8 Å². The number of aromatic nitrogens is 3. The monoisotopic (exact) mass is 317 g/mol. The largest absolute Gasteiger partial charge is 0.302 e. The first-order chi connectivity index (χ1) is 10.8. The number of likely N-dealkylation sites (tertiary alicyclic amines) is 1. The van der Waals surface area contributed by atoms with Gasteiger partial charge in [-0.05, 0) is 18.9 Å². The van der Waals surface area contributed by atoms with Crippen LogP contribution in [-0.2, 0) is 11.3 Å². The van der Waals surface area contributed by atoms with Crippen LogP contribution in [0, 0.1) is 5.92 Å². The number of carbonyl (C=O) groups is 1. The molecule has 1 saturated carbocycles. The summed E-state index contributed by atoms with van der Waals surface area (Å²) >= 11 is 1.45. The first-order valence-electron chi connectivity index (χ1n) is 7.75. The maximum atomic E-state index is 12.0. The molecule has 3 heterocycles. The molecule has 1 aliphatic heterocycles. The summed E-state index contributed by atoms with van der Waals surface area (Å²) < 4.78 is 0. The van der Waals surface area contributed by atoms with Crippen LogP contribution < -0.4 is 5.32 Å². The Kier molecular flexibility index (Phi) is 3.67. The van der Waals surface area contributed by atoms with Crippen molar-refractivity contribution in [1.29, 1.82) is 0 Å². The molecule has 2 aromatic rings. The summed E-state index contributed by atoms with van der Waals surface area (Å²) in [4.78, 5) is 18.4. The van der Waals surface area contributed by atoms with Crippen molar-refractivity contribution in [2.24, 2.45) is 5.92 Å². The molecule has 1 aliphatic carbocycles. The Morgan fingerprint density at radius 1 is 1.45 bits per heavy atom. The smallest absolute Gasteiger partial charge is 0.231 e. The van der Waals surface area contributed by atoms with Crippen molar-refractivity contribution in [3.8, 4) is 0 Å². The fraction of sp³-hybridized carbons (Fsp3) is 0.533. The number of hydrogen-bond acceptors (Lipinski definition) is 5. The van der Waals surface area contributed by atoms with Crippen molar-refractivity contribution in [2.45, 2.75) is 31.7 Å². The zero-order valence-corrected chi connectivity index (χ0v) is 13.1. The summed E-state index contributed by atoms with van der Waals surface area (Å²) in [5.41, 5.74) is 2.36. The van der Waals surface area contributed by atoms with Gasteiger partial charge in [-0.3, -0.25) is 14.8 Å². The molecule has 4 rings (SSSR count). The molecular formula is C15H19N5OS. The number of nitrogens with zero attached hydrogens (tertiary/aromatic N) is 3. The van der Waals surface area contributed by atoms with Gasteiger partial charge in [0.25, 0.3) is 0 Å². The highest BCUT2D eigenvalue weighted by Gasteiger charge is 2.33. The van der Waals surface area contributed by atoms with E-state index in [0.717, 1.165) is 25.3 Å². The summed E-state index contributed by atoms with van der Waals surface area (Å²) in [6.07, 6.45) is 5.57. The van der Waals surface area contributed by atoms with Gasteiger partial charge in [0, 0.05) is 42.8 Å². The molecule has 116 valence electrons. The number of thiazole rings is 1. The molecule has 22 heavy (non-hydrogen) atoms. The van der Waals surface area contributed by atoms with Gasteiger partial charge in [-0.1, -0.05) is 6.42 Å². The van der Waals surface area contributed by atoms with Crippen molar-refractivity contribution >= 4 is 22.4 Å². The molecule has 0 atom stereocenters. The van der Waals surface area contributed by atoms with Crippen LogP contribution in [0.15, 0.2) is 17.6 Å². The van der Waals surface area contributed by atoms with E-state index in [1.807, 2.05) is 5.38 Å². The van der Waals surface area contributed by atoms with Gasteiger partial charge in [0.05, 0.1) is 11.6 Å². The molecule has 2 fully saturated rings. The number of rotatable bonds is 5. The van der Waals surface area contributed by atoms with E-state index in [0.29, 0.717) is 11.0 Å². The molecule has 2 aliphatic rings. The molecule has 0 spiro atoms. The Hall–Kier alpha value is -1.73. The summed E-state index contributed by atoms with van der Waals surface area (Å²) in [6.45, 7) is 2.45. The summed E-state index contributed by atoms with van der Waals surface area (Å²) in [6, 6.07) is 2.19. The maximum absolute atomic E-state index is 12.0. The van der Waals surface area contributed by atoms with Crippen molar-refractivity contribution in [3.05, 3.63) is 29.0 Å². The zero-order chi connectivity index (χ0) is 14.9. The quantitative estimate of drug-likeness (QED) is 0.886. The first-order valence-corrected chi connectivity index (χ1v) is 8.63. The number of H-pyrrole nitrogens is 1. The van der Waals surface area contributed by atoms with Gasteiger partial charge in [-0.15, -0.1) is 11.3 Å². The van der Waals surface area contributed by atoms with E-state index >= 15 is 0 Å². The van der Waals surface area contributed by atoms with Gasteiger partial charge >= 0.3 is 0 Å². The van der Waals surface area contributed by atoms with Crippen LogP contribution >= 0.6 is 11.3 Å². The maximum Gasteiger partial charge on any atom is 0.231 e. The van der Waals surface area contributed by atoms with E-state index in [4.69, 9.17) is 0 Å². The minimum absolute atomic E-state index is 0.0675. The lowest BCUT2D eigenvalue weighted by atomic mass is 9.83. The number of amides is 1. The predicted octanol–water partition coefficient (Wildman–Crippen LogP) is 2.20. The second-order valence-electron chi connectivity index (χ2n) is 6.16. The van der Waals surface area contributed by atoms with E-state index in [1.165, 1.54) is 36.3 Å². The van der Waals surface area contributed by atoms with E-state index < -0.39 is 0 Å². The van der Waals surface area contributed by atoms with Crippen LogP contribution in [0.2, 0.25) is 0 Å². The third-order valence-electron chi connectivity index (χ3n) is 4.56. The Labute approximate surface area is 132 Å². The summed E-state index contributed by atoms with van der Waals surface area (Å²) in [7, 11) is 0. The topological polar surface area (TPSA) is 73.9 Å². The van der Waals surface area contributed by atoms with Gasteiger partial charge < -0.3 is 5.32 Å². The average molecular weight is 317 g/mol. The lowest BCUT2D eigenvalue weighted by Gasteiger charge is -2.37. The van der Waals surface area contributed by atoms with Gasteiger partial charge in [-0.25, -0.2) is 4.98 Å². The number of carbonyl (C=O) groups excluding carboxylic acids is 1. The summed E-state index contributed by atoms with van der Waals surface area (Å²) in [5, 5.41) is 13.0. The predicted molar refractivity (Wildman–Crippen MR) is 84.7 cm³/mol. The summed E-state index contributed by atoms with van der Waals surface area (Å²) in [5.74, 6) is 0.808. The molecule has 2 aromatic heterocycles. The van der Waals surface area contributed by atoms with Gasteiger partial charge in [0.15, 0.2) is 5.13 Å². The second kappa shape index (κ2) is 5.81. The number of nitrogens with one attached hydrogen (secondary N) is 2. The lowest BCUT2D eigenvalue weighted by Crippen LogP contribution is -2.51. The molecule has 6 nitrogen and oxygen atoms in total. The first kappa shape index (κ1) is 13.9. The fourth-order valence-electron chi connectivity index (χ4n) is 2.97. The van der Waals surface area contributed by atoms with Crippen molar-refractivity contribution in [2.75, 3.05) is 18.4 Å². The van der Waals surface area contributed by atoms with Crippen LogP contribution in [0.3, 0.4) is 0 Å². The molecule has 7 heteroatoms. The van der Waals surface area contributed by atoms with E-state index in [1.54, 1.807) is 6.20 Å². The van der Waals surface area contributed by atoms with Crippen LogP contribution in [0.5, 0.6) is 0 Å². The number of anilines is 1. The van der Waals surface area contributed by atoms with Crippen LogP contribution in [-0.4, -0.2) is 39.1 Å². The van der Waals surface area contributed by atoms with Crippen LogP contribution in [0.1, 0.15) is 36.6 Å². The SMILES string of the molecule is O=C(Nc1nccs1)C1CN(Cc2cc(C3CCC3)n[nH]2)C1. The normalized spacial score (nSPS) is 19.6. The highest BCUT2D eigenvalue weighted by Crippen LogP contribution is 2.35. The lowest BCUT2D eigenvalue weighted by molar-refractivity contribution is -0.125. The van der Waals surface area contributed by atoms with Crippen LogP contribution in [0.25, 0.3) is 0 Å². The fourth-order valence-corrected chi connectivity index (χ4v) is 3.50. The zero-order valence-electron chi connectivity index (χ0n) is 12.3. The Bertz CT molecular complexity index is 643. The van der Waals surface area contributed by atoms with Crippen molar-refractivity contribution in [1.82, 2.24) is 20.1 Å². The Morgan fingerprint density at radius 2 is 2.32 bits per heavy atom. The van der Waals surface area contributed by atoms with Gasteiger partial charge in [0.1, 0.15) is 0 Å². The van der Waals surface area contributed by atoms with Gasteiger partial charge in [0.2, 0.25) is 5.91 Å². The molecule has 0 radical (unpaired) electrons. The average Bonchev–Trinajstić information content (AvgIpc) is 3.03. The van der Waals surface area contributed by atoms with Crippen molar-refractivity contribution in [3.63, 3.8) is 0 Å². The number of hydrogen-bond donors (Lipinski definition) is 2. The molecule has 0 unspecified atom stereocenters. The van der Waals surface area contributed by atoms with E-state index in [9.17, 15) is 4.79 Å². The molecule has 1 saturated heterocycles. The minimum Gasteiger partial charge on any atom is -0.302 e. The molecular weight excluding hydrogens is 298 g/mol. The van der Waals surface area contributed by atoms with E-state index in [2.05, 4.69) is 31.5 Å². The number of aromatic amines is 1. The molecule has 1 amide bonds. The Morgan fingerprint density at radius 3 is 3.00 bits per heavy atom. The van der Waals surface area contributed by atoms with Gasteiger partial charge in [-0.2, -0.15) is 5.10 Å². The molecule has 0 aromatic carbocycles. The van der Waals surface area contributed by atoms with Crippen LogP contribution in [0.4, 0.5) is 5.13 Å². The van der Waals surface area contributed by atoms with Crippen molar-refractivity contribution < 1.29 is 4.79 Å². The Balaban J connectivity index is 1.25. The third-order valence-corrected chi connectivity index (χ3v) is 5.25. The highest BCUT2D eigenvalue weighted by molar-refractivity contribution is 7.13.